The Balaban J connectivity index is 2.07. The Morgan fingerprint density at radius 3 is 2.58 bits per heavy atom. The molecule has 1 unspecified atom stereocenters. The summed E-state index contributed by atoms with van der Waals surface area (Å²) in [6.45, 7) is 4.22. The van der Waals surface area contributed by atoms with Gasteiger partial charge in [-0.3, -0.25) is 0 Å². The highest BCUT2D eigenvalue weighted by molar-refractivity contribution is 5.77. The molecule has 1 atom stereocenters. The van der Waals surface area contributed by atoms with Crippen LogP contribution in [0.1, 0.15) is 37.8 Å². The van der Waals surface area contributed by atoms with Crippen LogP contribution in [0.2, 0.25) is 0 Å². The summed E-state index contributed by atoms with van der Waals surface area (Å²) in [5.41, 5.74) is 4.27. The Kier molecular flexibility index (Phi) is 5.36. The third kappa shape index (κ3) is 4.04. The second-order valence-corrected chi connectivity index (χ2v) is 4.77. The number of hydrogen-bond donors (Lipinski definition) is 1. The van der Waals surface area contributed by atoms with Crippen molar-refractivity contribution in [3.8, 4) is 0 Å². The van der Waals surface area contributed by atoms with Crippen LogP contribution in [0.3, 0.4) is 0 Å². The number of hydrazine groups is 1. The van der Waals surface area contributed by atoms with Gasteiger partial charge in [0.1, 0.15) is 6.04 Å². The minimum atomic E-state index is -0.403. The Hall–Kier alpha value is -1.39. The molecule has 1 aliphatic rings. The van der Waals surface area contributed by atoms with Gasteiger partial charge in [0, 0.05) is 13.1 Å². The van der Waals surface area contributed by atoms with Crippen LogP contribution in [0.25, 0.3) is 0 Å². The molecule has 4 nitrogen and oxygen atoms in total. The van der Waals surface area contributed by atoms with Crippen molar-refractivity contribution >= 4 is 5.97 Å². The largest absolute Gasteiger partial charge is 0.465 e. The molecular weight excluding hydrogens is 240 g/mol. The maximum absolute atomic E-state index is 12.1. The van der Waals surface area contributed by atoms with E-state index in [1.165, 1.54) is 19.3 Å². The molecule has 1 aromatic rings. The molecule has 1 aromatic carbocycles. The second-order valence-electron chi connectivity index (χ2n) is 4.77. The lowest BCUT2D eigenvalue weighted by Gasteiger charge is -2.30. The van der Waals surface area contributed by atoms with E-state index < -0.39 is 6.04 Å². The van der Waals surface area contributed by atoms with Crippen molar-refractivity contribution in [1.29, 1.82) is 0 Å². The highest BCUT2D eigenvalue weighted by Crippen LogP contribution is 2.17. The number of nitrogens with one attached hydrogen (secondary N) is 1. The van der Waals surface area contributed by atoms with Crippen LogP contribution >= 0.6 is 0 Å². The van der Waals surface area contributed by atoms with Gasteiger partial charge < -0.3 is 4.74 Å². The van der Waals surface area contributed by atoms with Gasteiger partial charge in [-0.25, -0.2) is 15.2 Å². The summed E-state index contributed by atoms with van der Waals surface area (Å²) in [5.74, 6) is -0.209. The summed E-state index contributed by atoms with van der Waals surface area (Å²) >= 11 is 0. The number of piperidine rings is 1. The van der Waals surface area contributed by atoms with Crippen LogP contribution in [0.4, 0.5) is 0 Å². The van der Waals surface area contributed by atoms with E-state index in [-0.39, 0.29) is 5.97 Å². The number of rotatable bonds is 5. The van der Waals surface area contributed by atoms with Gasteiger partial charge in [-0.2, -0.15) is 0 Å². The first kappa shape index (κ1) is 14.0. The van der Waals surface area contributed by atoms with Crippen LogP contribution in [0.15, 0.2) is 30.3 Å². The molecule has 1 fully saturated rings. The van der Waals surface area contributed by atoms with E-state index in [0.29, 0.717) is 6.61 Å². The molecule has 0 amide bonds. The van der Waals surface area contributed by atoms with Crippen molar-refractivity contribution in [2.45, 2.75) is 32.2 Å². The van der Waals surface area contributed by atoms with E-state index >= 15 is 0 Å². The van der Waals surface area contributed by atoms with Crippen LogP contribution in [-0.4, -0.2) is 30.7 Å². The smallest absolute Gasteiger partial charge is 0.329 e. The first-order valence-electron chi connectivity index (χ1n) is 7.04. The SMILES string of the molecule is CCOC(=O)C(NN1CCCCC1)c1ccccc1. The summed E-state index contributed by atoms with van der Waals surface area (Å²) in [5, 5.41) is 2.14. The zero-order chi connectivity index (χ0) is 13.5. The van der Waals surface area contributed by atoms with Crippen molar-refractivity contribution < 1.29 is 9.53 Å². The lowest BCUT2D eigenvalue weighted by molar-refractivity contribution is -0.147. The van der Waals surface area contributed by atoms with Crippen molar-refractivity contribution in [3.05, 3.63) is 35.9 Å². The molecule has 0 aromatic heterocycles. The summed E-state index contributed by atoms with van der Waals surface area (Å²) in [7, 11) is 0. The standard InChI is InChI=1S/C15H22N2O2/c1-2-19-15(18)14(13-9-5-3-6-10-13)16-17-11-7-4-8-12-17/h3,5-6,9-10,14,16H,2,4,7-8,11-12H2,1H3. The van der Waals surface area contributed by atoms with E-state index in [1.54, 1.807) is 0 Å². The van der Waals surface area contributed by atoms with Gasteiger partial charge in [-0.15, -0.1) is 0 Å². The highest BCUT2D eigenvalue weighted by atomic mass is 16.5. The van der Waals surface area contributed by atoms with Gasteiger partial charge in [0.15, 0.2) is 0 Å². The molecule has 4 heteroatoms. The van der Waals surface area contributed by atoms with Crippen molar-refractivity contribution in [3.63, 3.8) is 0 Å². The minimum absolute atomic E-state index is 0.209. The van der Waals surface area contributed by atoms with Crippen LogP contribution in [0.5, 0.6) is 0 Å². The van der Waals surface area contributed by atoms with Gasteiger partial charge >= 0.3 is 5.97 Å². The lowest BCUT2D eigenvalue weighted by atomic mass is 10.1. The van der Waals surface area contributed by atoms with E-state index in [9.17, 15) is 4.79 Å². The zero-order valence-electron chi connectivity index (χ0n) is 11.5. The van der Waals surface area contributed by atoms with Crippen molar-refractivity contribution in [1.82, 2.24) is 10.4 Å². The van der Waals surface area contributed by atoms with Gasteiger partial charge in [-0.05, 0) is 25.3 Å². The molecule has 0 bridgehead atoms. The third-order valence-electron chi connectivity index (χ3n) is 3.32. The predicted molar refractivity (Wildman–Crippen MR) is 74.4 cm³/mol. The van der Waals surface area contributed by atoms with Gasteiger partial charge in [0.05, 0.1) is 6.61 Å². The molecule has 104 valence electrons. The van der Waals surface area contributed by atoms with Crippen molar-refractivity contribution in [2.75, 3.05) is 19.7 Å². The van der Waals surface area contributed by atoms with Crippen molar-refractivity contribution in [2.24, 2.45) is 0 Å². The second kappa shape index (κ2) is 7.26. The molecule has 1 saturated heterocycles. The van der Waals surface area contributed by atoms with Crippen LogP contribution < -0.4 is 5.43 Å². The molecule has 1 aliphatic heterocycles. The topological polar surface area (TPSA) is 41.6 Å². The Bertz CT molecular complexity index is 388. The number of esters is 1. The van der Waals surface area contributed by atoms with Crippen LogP contribution in [0, 0.1) is 0 Å². The fourth-order valence-corrected chi connectivity index (χ4v) is 2.34. The number of carbonyl (C=O) groups excluding carboxylic acids is 1. The Labute approximate surface area is 114 Å². The fraction of sp³-hybridized carbons (Fsp3) is 0.533. The average molecular weight is 262 g/mol. The van der Waals surface area contributed by atoms with Gasteiger partial charge in [0.2, 0.25) is 0 Å². The van der Waals surface area contributed by atoms with Crippen LogP contribution in [-0.2, 0) is 9.53 Å². The number of carbonyl (C=O) groups is 1. The maximum Gasteiger partial charge on any atom is 0.329 e. The van der Waals surface area contributed by atoms with Gasteiger partial charge in [-0.1, -0.05) is 36.8 Å². The Morgan fingerprint density at radius 2 is 1.95 bits per heavy atom. The number of nitrogens with zero attached hydrogens (tertiary/aromatic N) is 1. The first-order valence-corrected chi connectivity index (χ1v) is 7.04. The Morgan fingerprint density at radius 1 is 1.26 bits per heavy atom. The molecule has 1 heterocycles. The third-order valence-corrected chi connectivity index (χ3v) is 3.32. The number of hydrogen-bond acceptors (Lipinski definition) is 4. The van der Waals surface area contributed by atoms with Gasteiger partial charge in [0.25, 0.3) is 0 Å². The predicted octanol–water partition coefficient (Wildman–Crippen LogP) is 2.28. The maximum atomic E-state index is 12.1. The summed E-state index contributed by atoms with van der Waals surface area (Å²) in [6, 6.07) is 9.35. The van der Waals surface area contributed by atoms with E-state index in [2.05, 4.69) is 10.4 Å². The fourth-order valence-electron chi connectivity index (χ4n) is 2.34. The quantitative estimate of drug-likeness (QED) is 0.827. The van der Waals surface area contributed by atoms with E-state index in [1.807, 2.05) is 37.3 Å². The normalized spacial score (nSPS) is 17.9. The number of benzene rings is 1. The number of ether oxygens (including phenoxy) is 1. The molecular formula is C15H22N2O2. The molecule has 1 N–H and O–H groups in total. The molecule has 0 saturated carbocycles. The molecule has 0 radical (unpaired) electrons. The molecule has 0 spiro atoms. The monoisotopic (exact) mass is 262 g/mol. The summed E-state index contributed by atoms with van der Waals surface area (Å²) in [6.07, 6.45) is 3.63. The molecule has 0 aliphatic carbocycles. The summed E-state index contributed by atoms with van der Waals surface area (Å²) < 4.78 is 5.17. The molecule has 19 heavy (non-hydrogen) atoms. The van der Waals surface area contributed by atoms with E-state index in [4.69, 9.17) is 4.74 Å². The lowest BCUT2D eigenvalue weighted by Crippen LogP contribution is -2.46. The van der Waals surface area contributed by atoms with E-state index in [0.717, 1.165) is 18.7 Å². The summed E-state index contributed by atoms with van der Waals surface area (Å²) in [4.78, 5) is 12.1. The zero-order valence-corrected chi connectivity index (χ0v) is 11.5. The average Bonchev–Trinajstić information content (AvgIpc) is 2.47. The first-order chi connectivity index (χ1) is 9.31. The minimum Gasteiger partial charge on any atom is -0.465 e. The molecule has 2 rings (SSSR count). The highest BCUT2D eigenvalue weighted by Gasteiger charge is 2.24.